The number of hydrogen-bond donors (Lipinski definition) is 1. The Bertz CT molecular complexity index is 775. The fourth-order valence-corrected chi connectivity index (χ4v) is 2.63. The third-order valence-electron chi connectivity index (χ3n) is 3.47. The number of halogens is 1. The Balaban J connectivity index is 2.22. The van der Waals surface area contributed by atoms with Crippen LogP contribution in [0.2, 0.25) is 5.02 Å². The van der Waals surface area contributed by atoms with E-state index in [-0.39, 0.29) is 0 Å². The van der Waals surface area contributed by atoms with Gasteiger partial charge in [-0.3, -0.25) is 0 Å². The molecule has 3 rings (SSSR count). The van der Waals surface area contributed by atoms with Crippen LogP contribution in [0.5, 0.6) is 0 Å². The molecule has 0 aliphatic heterocycles. The van der Waals surface area contributed by atoms with Crippen molar-refractivity contribution in [2.45, 2.75) is 26.5 Å². The molecule has 1 N–H and O–H groups in total. The minimum atomic E-state index is -0.453. The lowest BCUT2D eigenvalue weighted by Crippen LogP contribution is -2.12. The minimum Gasteiger partial charge on any atom is -0.392 e. The average molecular weight is 301 g/mol. The van der Waals surface area contributed by atoms with Crippen molar-refractivity contribution in [2.75, 3.05) is 0 Å². The van der Waals surface area contributed by atoms with Crippen LogP contribution in [0.25, 0.3) is 22.4 Å². The second kappa shape index (κ2) is 5.51. The maximum absolute atomic E-state index is 9.79. The van der Waals surface area contributed by atoms with E-state index in [1.165, 1.54) is 5.56 Å². The number of aryl methyl sites for hydroxylation is 1. The molecule has 2 aromatic carbocycles. The Labute approximate surface area is 128 Å². The summed E-state index contributed by atoms with van der Waals surface area (Å²) in [5.41, 5.74) is 4.07. The molecule has 3 nitrogen and oxygen atoms in total. The normalized spacial score (nSPS) is 12.8. The number of imidazole rings is 1. The van der Waals surface area contributed by atoms with Gasteiger partial charge in [-0.05, 0) is 32.0 Å². The van der Waals surface area contributed by atoms with Gasteiger partial charge in [-0.1, -0.05) is 41.4 Å². The van der Waals surface area contributed by atoms with Crippen molar-refractivity contribution in [1.82, 2.24) is 9.55 Å². The second-order valence-corrected chi connectivity index (χ2v) is 5.83. The lowest BCUT2D eigenvalue weighted by atomic mass is 10.1. The number of hydrogen-bond acceptors (Lipinski definition) is 2. The highest BCUT2D eigenvalue weighted by atomic mass is 35.5. The van der Waals surface area contributed by atoms with Gasteiger partial charge in [0.2, 0.25) is 0 Å². The summed E-state index contributed by atoms with van der Waals surface area (Å²) in [4.78, 5) is 4.70. The molecule has 0 saturated heterocycles. The lowest BCUT2D eigenvalue weighted by molar-refractivity contribution is 0.175. The van der Waals surface area contributed by atoms with E-state index in [2.05, 4.69) is 31.2 Å². The van der Waals surface area contributed by atoms with Crippen LogP contribution in [-0.2, 0) is 6.54 Å². The first kappa shape index (κ1) is 14.1. The summed E-state index contributed by atoms with van der Waals surface area (Å²) in [5, 5.41) is 10.5. The van der Waals surface area contributed by atoms with E-state index in [4.69, 9.17) is 16.6 Å². The Hall–Kier alpha value is -1.84. The van der Waals surface area contributed by atoms with E-state index in [0.717, 1.165) is 22.4 Å². The molecule has 4 heteroatoms. The largest absolute Gasteiger partial charge is 0.392 e. The number of nitrogens with zero attached hydrogens (tertiary/aromatic N) is 2. The van der Waals surface area contributed by atoms with Crippen molar-refractivity contribution in [2.24, 2.45) is 0 Å². The van der Waals surface area contributed by atoms with Gasteiger partial charge in [0.1, 0.15) is 5.82 Å². The first-order valence-electron chi connectivity index (χ1n) is 6.95. The predicted molar refractivity (Wildman–Crippen MR) is 86.6 cm³/mol. The van der Waals surface area contributed by atoms with Gasteiger partial charge in [-0.2, -0.15) is 0 Å². The first-order valence-corrected chi connectivity index (χ1v) is 7.33. The highest BCUT2D eigenvalue weighted by Gasteiger charge is 2.14. The highest BCUT2D eigenvalue weighted by Crippen LogP contribution is 2.27. The molecular weight excluding hydrogens is 284 g/mol. The molecule has 0 saturated carbocycles. The van der Waals surface area contributed by atoms with E-state index in [1.54, 1.807) is 6.92 Å². The fourth-order valence-electron chi connectivity index (χ4n) is 2.47. The van der Waals surface area contributed by atoms with Crippen molar-refractivity contribution in [3.8, 4) is 11.4 Å². The molecule has 108 valence electrons. The molecular formula is C17H17ClN2O. The van der Waals surface area contributed by atoms with Crippen molar-refractivity contribution in [3.05, 3.63) is 53.1 Å². The van der Waals surface area contributed by atoms with E-state index in [1.807, 2.05) is 22.8 Å². The van der Waals surface area contributed by atoms with E-state index < -0.39 is 6.10 Å². The number of aromatic nitrogens is 2. The van der Waals surface area contributed by atoms with Crippen LogP contribution < -0.4 is 0 Å². The smallest absolute Gasteiger partial charge is 0.141 e. The standard InChI is InChI=1S/C17H17ClN2O/c1-11-3-5-13(6-4-11)17-19-15-8-7-14(18)9-16(15)20(17)10-12(2)21/h3-9,12,21H,10H2,1-2H3. The van der Waals surface area contributed by atoms with Crippen LogP contribution in [0.15, 0.2) is 42.5 Å². The van der Waals surface area contributed by atoms with Crippen molar-refractivity contribution < 1.29 is 5.11 Å². The van der Waals surface area contributed by atoms with Gasteiger partial charge < -0.3 is 9.67 Å². The monoisotopic (exact) mass is 300 g/mol. The molecule has 1 atom stereocenters. The van der Waals surface area contributed by atoms with E-state index in [0.29, 0.717) is 11.6 Å². The number of rotatable bonds is 3. The quantitative estimate of drug-likeness (QED) is 0.792. The summed E-state index contributed by atoms with van der Waals surface area (Å²) in [6.45, 7) is 4.32. The fraction of sp³-hybridized carbons (Fsp3) is 0.235. The van der Waals surface area contributed by atoms with Gasteiger partial charge >= 0.3 is 0 Å². The summed E-state index contributed by atoms with van der Waals surface area (Å²) in [6, 6.07) is 13.9. The molecule has 1 unspecified atom stereocenters. The van der Waals surface area contributed by atoms with Gasteiger partial charge in [-0.15, -0.1) is 0 Å². The molecule has 1 aromatic heterocycles. The SMILES string of the molecule is Cc1ccc(-c2nc3ccc(Cl)cc3n2CC(C)O)cc1. The number of aliphatic hydroxyl groups is 1. The molecule has 1 heterocycles. The second-order valence-electron chi connectivity index (χ2n) is 5.39. The van der Waals surface area contributed by atoms with Crippen molar-refractivity contribution in [3.63, 3.8) is 0 Å². The number of benzene rings is 2. The van der Waals surface area contributed by atoms with Crippen molar-refractivity contribution >= 4 is 22.6 Å². The van der Waals surface area contributed by atoms with E-state index >= 15 is 0 Å². The minimum absolute atomic E-state index is 0.453. The molecule has 3 aromatic rings. The van der Waals surface area contributed by atoms with Crippen LogP contribution in [0.3, 0.4) is 0 Å². The Kier molecular flexibility index (Phi) is 3.70. The zero-order valence-electron chi connectivity index (χ0n) is 12.0. The predicted octanol–water partition coefficient (Wildman–Crippen LogP) is 4.05. The van der Waals surface area contributed by atoms with Crippen LogP contribution >= 0.6 is 11.6 Å². The Morgan fingerprint density at radius 1 is 1.19 bits per heavy atom. The number of aliphatic hydroxyl groups excluding tert-OH is 1. The Morgan fingerprint density at radius 2 is 1.90 bits per heavy atom. The summed E-state index contributed by atoms with van der Waals surface area (Å²) in [5.74, 6) is 0.855. The summed E-state index contributed by atoms with van der Waals surface area (Å²) < 4.78 is 2.02. The number of fused-ring (bicyclic) bond motifs is 1. The van der Waals surface area contributed by atoms with E-state index in [9.17, 15) is 5.11 Å². The summed E-state index contributed by atoms with van der Waals surface area (Å²) in [6.07, 6.45) is -0.453. The lowest BCUT2D eigenvalue weighted by Gasteiger charge is -2.11. The molecule has 0 radical (unpaired) electrons. The molecule has 0 aliphatic carbocycles. The van der Waals surface area contributed by atoms with Crippen LogP contribution in [0, 0.1) is 6.92 Å². The summed E-state index contributed by atoms with van der Waals surface area (Å²) >= 11 is 6.10. The van der Waals surface area contributed by atoms with Crippen LogP contribution in [0.1, 0.15) is 12.5 Å². The van der Waals surface area contributed by atoms with Gasteiger partial charge in [-0.25, -0.2) is 4.98 Å². The zero-order chi connectivity index (χ0) is 15.0. The topological polar surface area (TPSA) is 38.0 Å². The van der Waals surface area contributed by atoms with Crippen molar-refractivity contribution in [1.29, 1.82) is 0 Å². The average Bonchev–Trinajstić information content (AvgIpc) is 2.77. The molecule has 0 fully saturated rings. The maximum Gasteiger partial charge on any atom is 0.141 e. The molecule has 0 bridgehead atoms. The van der Waals surface area contributed by atoms with Gasteiger partial charge in [0.05, 0.1) is 23.7 Å². The Morgan fingerprint density at radius 3 is 2.57 bits per heavy atom. The van der Waals surface area contributed by atoms with Gasteiger partial charge in [0.15, 0.2) is 0 Å². The summed E-state index contributed by atoms with van der Waals surface area (Å²) in [7, 11) is 0. The highest BCUT2D eigenvalue weighted by molar-refractivity contribution is 6.31. The molecule has 0 spiro atoms. The maximum atomic E-state index is 9.79. The first-order chi connectivity index (χ1) is 10.0. The van der Waals surface area contributed by atoms with Gasteiger partial charge in [0, 0.05) is 10.6 Å². The molecule has 21 heavy (non-hydrogen) atoms. The third kappa shape index (κ3) is 2.80. The van der Waals surface area contributed by atoms with Gasteiger partial charge in [0.25, 0.3) is 0 Å². The van der Waals surface area contributed by atoms with Crippen LogP contribution in [-0.4, -0.2) is 20.8 Å². The molecule has 0 amide bonds. The van der Waals surface area contributed by atoms with Crippen LogP contribution in [0.4, 0.5) is 0 Å². The third-order valence-corrected chi connectivity index (χ3v) is 3.70. The zero-order valence-corrected chi connectivity index (χ0v) is 12.8. The molecule has 0 aliphatic rings.